The zero-order valence-electron chi connectivity index (χ0n) is 13.7. The maximum Gasteiger partial charge on any atom is 0.253 e. The summed E-state index contributed by atoms with van der Waals surface area (Å²) >= 11 is 0. The maximum atomic E-state index is 11.9. The van der Waals surface area contributed by atoms with Crippen LogP contribution in [-0.2, 0) is 14.3 Å². The molecule has 2 amide bonds. The molecule has 4 N–H and O–H groups in total. The normalized spacial score (nSPS) is 12.9. The number of carbonyl (C=O) groups excluding carboxylic acids is 2. The van der Waals surface area contributed by atoms with Gasteiger partial charge in [-0.25, -0.2) is 0 Å². The van der Waals surface area contributed by atoms with Gasteiger partial charge < -0.3 is 21.1 Å². The number of hydrogen-bond donors (Lipinski definition) is 3. The van der Waals surface area contributed by atoms with Crippen molar-refractivity contribution in [2.75, 3.05) is 17.7 Å². The molecule has 0 fully saturated rings. The Hall–Kier alpha value is -2.86. The third-order valence-corrected chi connectivity index (χ3v) is 3.58. The minimum atomic E-state index is -0.657. The smallest absolute Gasteiger partial charge is 0.253 e. The molecule has 0 saturated heterocycles. The van der Waals surface area contributed by atoms with Crippen LogP contribution in [0.15, 0.2) is 54.6 Å². The first-order chi connectivity index (χ1) is 11.5. The minimum Gasteiger partial charge on any atom is -0.372 e. The van der Waals surface area contributed by atoms with Crippen molar-refractivity contribution < 1.29 is 14.3 Å². The fraction of sp³-hybridized carbons (Fsp3) is 0.222. The van der Waals surface area contributed by atoms with E-state index in [1.54, 1.807) is 31.2 Å². The van der Waals surface area contributed by atoms with Crippen molar-refractivity contribution in [2.45, 2.75) is 19.1 Å². The Morgan fingerprint density at radius 2 is 1.71 bits per heavy atom. The topological polar surface area (TPSA) is 93.4 Å². The molecule has 2 aromatic rings. The number of carbonyl (C=O) groups is 2. The number of nitrogens with two attached hydrogens (primary N) is 1. The summed E-state index contributed by atoms with van der Waals surface area (Å²) in [5.41, 5.74) is 7.55. The number of primary amides is 1. The zero-order chi connectivity index (χ0) is 17.5. The molecule has 6 nitrogen and oxygen atoms in total. The fourth-order valence-corrected chi connectivity index (χ4v) is 2.17. The van der Waals surface area contributed by atoms with Crippen molar-refractivity contribution in [1.29, 1.82) is 0 Å². The van der Waals surface area contributed by atoms with Crippen LogP contribution >= 0.6 is 0 Å². The summed E-state index contributed by atoms with van der Waals surface area (Å²) in [6.45, 7) is 1.66. The van der Waals surface area contributed by atoms with Crippen molar-refractivity contribution >= 4 is 23.2 Å². The molecular formula is C18H21N3O3. The lowest BCUT2D eigenvalue weighted by atomic mass is 10.1. The number of hydrogen-bond acceptors (Lipinski definition) is 4. The minimum absolute atomic E-state index is 0.246. The van der Waals surface area contributed by atoms with Crippen LogP contribution in [0.5, 0.6) is 0 Å². The number of ether oxygens (including phenoxy) is 1. The van der Waals surface area contributed by atoms with E-state index in [0.717, 1.165) is 5.56 Å². The van der Waals surface area contributed by atoms with E-state index in [1.807, 2.05) is 30.3 Å². The lowest BCUT2D eigenvalue weighted by Gasteiger charge is -2.18. The SMILES string of the molecule is CO[C@H](C)C(=O)Nc1cccc(N[C@H](C(N)=O)c2ccccc2)c1. The van der Waals surface area contributed by atoms with Gasteiger partial charge >= 0.3 is 0 Å². The predicted molar refractivity (Wildman–Crippen MR) is 93.5 cm³/mol. The molecule has 24 heavy (non-hydrogen) atoms. The van der Waals surface area contributed by atoms with E-state index in [9.17, 15) is 9.59 Å². The highest BCUT2D eigenvalue weighted by Crippen LogP contribution is 2.22. The van der Waals surface area contributed by atoms with E-state index in [4.69, 9.17) is 10.5 Å². The third kappa shape index (κ3) is 4.57. The Balaban J connectivity index is 2.15. The quantitative estimate of drug-likeness (QED) is 0.727. The van der Waals surface area contributed by atoms with Gasteiger partial charge in [-0.15, -0.1) is 0 Å². The van der Waals surface area contributed by atoms with Crippen LogP contribution in [0.2, 0.25) is 0 Å². The van der Waals surface area contributed by atoms with Gasteiger partial charge in [0.1, 0.15) is 12.1 Å². The van der Waals surface area contributed by atoms with Crippen LogP contribution in [0.3, 0.4) is 0 Å². The van der Waals surface area contributed by atoms with Gasteiger partial charge in [-0.3, -0.25) is 9.59 Å². The molecule has 0 unspecified atom stereocenters. The average Bonchev–Trinajstić information content (AvgIpc) is 2.59. The highest BCUT2D eigenvalue weighted by Gasteiger charge is 2.17. The van der Waals surface area contributed by atoms with E-state index in [1.165, 1.54) is 7.11 Å². The van der Waals surface area contributed by atoms with Crippen molar-refractivity contribution in [3.05, 3.63) is 60.2 Å². The first kappa shape index (κ1) is 17.5. The van der Waals surface area contributed by atoms with E-state index in [0.29, 0.717) is 11.4 Å². The molecule has 0 aromatic heterocycles. The number of amides is 2. The third-order valence-electron chi connectivity index (χ3n) is 3.58. The summed E-state index contributed by atoms with van der Waals surface area (Å²) in [6.07, 6.45) is -0.552. The number of methoxy groups -OCH3 is 1. The maximum absolute atomic E-state index is 11.9. The van der Waals surface area contributed by atoms with Crippen molar-refractivity contribution in [3.8, 4) is 0 Å². The largest absolute Gasteiger partial charge is 0.372 e. The highest BCUT2D eigenvalue weighted by atomic mass is 16.5. The summed E-state index contributed by atoms with van der Waals surface area (Å²) in [7, 11) is 1.47. The van der Waals surface area contributed by atoms with Gasteiger partial charge in [0, 0.05) is 18.5 Å². The van der Waals surface area contributed by atoms with Gasteiger partial charge in [0.25, 0.3) is 5.91 Å². The van der Waals surface area contributed by atoms with Crippen LogP contribution in [0.1, 0.15) is 18.5 Å². The second kappa shape index (κ2) is 8.12. The molecular weight excluding hydrogens is 306 g/mol. The molecule has 0 aliphatic heterocycles. The van der Waals surface area contributed by atoms with Crippen molar-refractivity contribution in [3.63, 3.8) is 0 Å². The first-order valence-corrected chi connectivity index (χ1v) is 7.55. The Labute approximate surface area is 141 Å². The van der Waals surface area contributed by atoms with Crippen LogP contribution in [-0.4, -0.2) is 25.0 Å². The predicted octanol–water partition coefficient (Wildman–Crippen LogP) is 2.30. The summed E-state index contributed by atoms with van der Waals surface area (Å²) in [5.74, 6) is -0.729. The molecule has 126 valence electrons. The van der Waals surface area contributed by atoms with Crippen LogP contribution in [0.25, 0.3) is 0 Å². The van der Waals surface area contributed by atoms with Crippen LogP contribution in [0, 0.1) is 0 Å². The molecule has 0 bridgehead atoms. The van der Waals surface area contributed by atoms with Gasteiger partial charge in [0.05, 0.1) is 0 Å². The van der Waals surface area contributed by atoms with Crippen LogP contribution in [0.4, 0.5) is 11.4 Å². The molecule has 2 atom stereocenters. The molecule has 0 radical (unpaired) electrons. The fourth-order valence-electron chi connectivity index (χ4n) is 2.17. The molecule has 6 heteroatoms. The summed E-state index contributed by atoms with van der Waals surface area (Å²) in [4.78, 5) is 23.6. The van der Waals surface area contributed by atoms with E-state index in [-0.39, 0.29) is 5.91 Å². The molecule has 0 heterocycles. The molecule has 2 rings (SSSR count). The Morgan fingerprint density at radius 1 is 1.04 bits per heavy atom. The van der Waals surface area contributed by atoms with Crippen molar-refractivity contribution in [1.82, 2.24) is 0 Å². The highest BCUT2D eigenvalue weighted by molar-refractivity contribution is 5.94. The second-order valence-electron chi connectivity index (χ2n) is 5.34. The molecule has 2 aromatic carbocycles. The number of anilines is 2. The van der Waals surface area contributed by atoms with Crippen LogP contribution < -0.4 is 16.4 Å². The molecule has 0 aliphatic rings. The molecule has 0 saturated carbocycles. The standard InChI is InChI=1S/C18H21N3O3/c1-12(24-2)18(23)21-15-10-6-9-14(11-15)20-16(17(19)22)13-7-4-3-5-8-13/h3-12,16,20H,1-2H3,(H2,19,22)(H,21,23)/t12-,16+/m1/s1. The average molecular weight is 327 g/mol. The van der Waals surface area contributed by atoms with Gasteiger partial charge in [-0.05, 0) is 30.7 Å². The van der Waals surface area contributed by atoms with Gasteiger partial charge in [-0.1, -0.05) is 36.4 Å². The van der Waals surface area contributed by atoms with E-state index >= 15 is 0 Å². The van der Waals surface area contributed by atoms with Gasteiger partial charge in [0.2, 0.25) is 5.91 Å². The summed E-state index contributed by atoms with van der Waals surface area (Å²) in [5, 5.41) is 5.85. The zero-order valence-corrected chi connectivity index (χ0v) is 13.7. The lowest BCUT2D eigenvalue weighted by molar-refractivity contribution is -0.124. The number of benzene rings is 2. The molecule has 0 spiro atoms. The first-order valence-electron chi connectivity index (χ1n) is 7.55. The Morgan fingerprint density at radius 3 is 2.33 bits per heavy atom. The van der Waals surface area contributed by atoms with E-state index in [2.05, 4.69) is 10.6 Å². The molecule has 0 aliphatic carbocycles. The van der Waals surface area contributed by atoms with Gasteiger partial charge in [0.15, 0.2) is 0 Å². The lowest BCUT2D eigenvalue weighted by Crippen LogP contribution is -2.28. The van der Waals surface area contributed by atoms with E-state index < -0.39 is 18.1 Å². The number of rotatable bonds is 7. The van der Waals surface area contributed by atoms with Gasteiger partial charge in [-0.2, -0.15) is 0 Å². The number of nitrogens with one attached hydrogen (secondary N) is 2. The van der Waals surface area contributed by atoms with Crippen molar-refractivity contribution in [2.24, 2.45) is 5.73 Å². The monoisotopic (exact) mass is 327 g/mol. The summed E-state index contributed by atoms with van der Waals surface area (Å²) < 4.78 is 4.98. The Bertz CT molecular complexity index is 704. The second-order valence-corrected chi connectivity index (χ2v) is 5.34. The summed E-state index contributed by atoms with van der Waals surface area (Å²) in [6, 6.07) is 15.6. The Kier molecular flexibility index (Phi) is 5.92.